The Labute approximate surface area is 198 Å². The molecule has 3 rings (SSSR count). The number of carboxylic acids is 1. The smallest absolute Gasteiger partial charge is 0.326 e. The zero-order chi connectivity index (χ0) is 24.8. The Morgan fingerprint density at radius 1 is 1.24 bits per heavy atom. The number of nitrogens with two attached hydrogens (primary N) is 1. The van der Waals surface area contributed by atoms with Gasteiger partial charge < -0.3 is 31.4 Å². The van der Waals surface area contributed by atoms with Gasteiger partial charge in [0.05, 0.1) is 6.54 Å². The molecule has 6 N–H and O–H groups in total. The number of likely N-dealkylation sites (tertiary alicyclic amines) is 1. The number of fused-ring (bicyclic) bond motifs is 1. The third-order valence-corrected chi connectivity index (χ3v) is 6.53. The molecule has 2 heterocycles. The fourth-order valence-corrected chi connectivity index (χ4v) is 4.40. The summed E-state index contributed by atoms with van der Waals surface area (Å²) in [5.74, 6) is -2.67. The third-order valence-electron chi connectivity index (χ3n) is 6.53. The summed E-state index contributed by atoms with van der Waals surface area (Å²) in [5, 5.41) is 15.9. The number of aliphatic carboxylic acids is 1. The lowest BCUT2D eigenvalue weighted by atomic mass is 9.97. The SMILES string of the molecule is CCC(C)C(NC(=O)CN)C(=O)NC(Cc1c[nH]c2ccccc12)C(=O)N1CCCC1C(=O)O. The number of aromatic amines is 1. The lowest BCUT2D eigenvalue weighted by Crippen LogP contribution is -2.58. The summed E-state index contributed by atoms with van der Waals surface area (Å²) in [6, 6.07) is 4.84. The van der Waals surface area contributed by atoms with Gasteiger partial charge in [0, 0.05) is 30.1 Å². The summed E-state index contributed by atoms with van der Waals surface area (Å²) in [5.41, 5.74) is 7.14. The monoisotopic (exact) mass is 471 g/mol. The van der Waals surface area contributed by atoms with Gasteiger partial charge in [0.15, 0.2) is 0 Å². The zero-order valence-electron chi connectivity index (χ0n) is 19.5. The van der Waals surface area contributed by atoms with Crippen LogP contribution in [-0.2, 0) is 25.6 Å². The fourth-order valence-electron chi connectivity index (χ4n) is 4.40. The molecule has 1 aliphatic rings. The fraction of sp³-hybridized carbons (Fsp3) is 0.500. The van der Waals surface area contributed by atoms with Crippen LogP contribution in [0.3, 0.4) is 0 Å². The average Bonchev–Trinajstić information content (AvgIpc) is 3.48. The first-order chi connectivity index (χ1) is 16.3. The standard InChI is InChI=1S/C24H33N5O5/c1-3-14(2)21(28-20(30)12-25)22(31)27-18(23(32)29-10-6-9-19(29)24(33)34)11-15-13-26-17-8-5-4-7-16(15)17/h4-5,7-8,13-14,18-19,21,26H,3,6,9-12,25H2,1-2H3,(H,27,31)(H,28,30)(H,33,34). The van der Waals surface area contributed by atoms with E-state index in [1.54, 1.807) is 6.20 Å². The Hall–Kier alpha value is -3.40. The van der Waals surface area contributed by atoms with Gasteiger partial charge in [-0.25, -0.2) is 4.79 Å². The maximum Gasteiger partial charge on any atom is 0.326 e. The van der Waals surface area contributed by atoms with Crippen molar-refractivity contribution < 1.29 is 24.3 Å². The molecule has 1 saturated heterocycles. The van der Waals surface area contributed by atoms with Crippen molar-refractivity contribution in [2.75, 3.05) is 13.1 Å². The minimum absolute atomic E-state index is 0.176. The molecule has 10 nitrogen and oxygen atoms in total. The number of amides is 3. The van der Waals surface area contributed by atoms with Crippen LogP contribution in [0.1, 0.15) is 38.7 Å². The van der Waals surface area contributed by atoms with Crippen LogP contribution in [0.15, 0.2) is 30.5 Å². The lowest BCUT2D eigenvalue weighted by Gasteiger charge is -2.30. The van der Waals surface area contributed by atoms with Crippen LogP contribution >= 0.6 is 0 Å². The number of benzene rings is 1. The molecule has 184 valence electrons. The molecule has 1 aromatic heterocycles. The zero-order valence-corrected chi connectivity index (χ0v) is 19.5. The molecule has 1 aromatic carbocycles. The van der Waals surface area contributed by atoms with E-state index >= 15 is 0 Å². The molecule has 0 bridgehead atoms. The molecule has 3 amide bonds. The van der Waals surface area contributed by atoms with Crippen LogP contribution in [0.2, 0.25) is 0 Å². The van der Waals surface area contributed by atoms with Gasteiger partial charge in [-0.2, -0.15) is 0 Å². The number of nitrogens with zero attached hydrogens (tertiary/aromatic N) is 1. The van der Waals surface area contributed by atoms with E-state index in [2.05, 4.69) is 15.6 Å². The molecule has 2 aromatic rings. The number of carbonyl (C=O) groups excluding carboxylic acids is 3. The highest BCUT2D eigenvalue weighted by molar-refractivity contribution is 5.94. The Kier molecular flexibility index (Phi) is 8.27. The van der Waals surface area contributed by atoms with Crippen molar-refractivity contribution in [3.63, 3.8) is 0 Å². The number of aromatic nitrogens is 1. The number of hydrogen-bond acceptors (Lipinski definition) is 5. The van der Waals surface area contributed by atoms with E-state index in [9.17, 15) is 24.3 Å². The third kappa shape index (κ3) is 5.56. The maximum absolute atomic E-state index is 13.5. The van der Waals surface area contributed by atoms with Gasteiger partial charge in [-0.15, -0.1) is 0 Å². The molecule has 4 unspecified atom stereocenters. The molecule has 0 aliphatic carbocycles. The van der Waals surface area contributed by atoms with Gasteiger partial charge in [-0.05, 0) is 30.4 Å². The summed E-state index contributed by atoms with van der Waals surface area (Å²) >= 11 is 0. The van der Waals surface area contributed by atoms with Crippen molar-refractivity contribution in [1.29, 1.82) is 0 Å². The average molecular weight is 472 g/mol. The summed E-state index contributed by atoms with van der Waals surface area (Å²) in [4.78, 5) is 54.9. The molecule has 10 heteroatoms. The number of nitrogens with one attached hydrogen (secondary N) is 3. The van der Waals surface area contributed by atoms with Gasteiger partial charge in [-0.3, -0.25) is 14.4 Å². The van der Waals surface area contributed by atoms with Crippen molar-refractivity contribution in [1.82, 2.24) is 20.5 Å². The number of hydrogen-bond donors (Lipinski definition) is 5. The van der Waals surface area contributed by atoms with Crippen LogP contribution in [0.4, 0.5) is 0 Å². The van der Waals surface area contributed by atoms with E-state index in [4.69, 9.17) is 5.73 Å². The van der Waals surface area contributed by atoms with Gasteiger partial charge in [0.25, 0.3) is 0 Å². The van der Waals surface area contributed by atoms with Crippen LogP contribution in [0, 0.1) is 5.92 Å². The Bertz CT molecular complexity index is 1050. The van der Waals surface area contributed by atoms with Crippen LogP contribution in [0.25, 0.3) is 10.9 Å². The Morgan fingerprint density at radius 3 is 2.65 bits per heavy atom. The molecular formula is C24H33N5O5. The maximum atomic E-state index is 13.5. The van der Waals surface area contributed by atoms with E-state index in [0.29, 0.717) is 25.8 Å². The van der Waals surface area contributed by atoms with Gasteiger partial charge in [-0.1, -0.05) is 38.5 Å². The molecular weight excluding hydrogens is 438 g/mol. The molecule has 1 aliphatic heterocycles. The van der Waals surface area contributed by atoms with Crippen molar-refractivity contribution >= 4 is 34.6 Å². The highest BCUT2D eigenvalue weighted by atomic mass is 16.4. The number of carbonyl (C=O) groups is 4. The molecule has 34 heavy (non-hydrogen) atoms. The van der Waals surface area contributed by atoms with E-state index in [-0.39, 0.29) is 18.9 Å². The first-order valence-corrected chi connectivity index (χ1v) is 11.6. The molecule has 4 atom stereocenters. The second-order valence-electron chi connectivity index (χ2n) is 8.79. The Morgan fingerprint density at radius 2 is 1.97 bits per heavy atom. The van der Waals surface area contributed by atoms with Crippen molar-refractivity contribution in [3.8, 4) is 0 Å². The topological polar surface area (TPSA) is 158 Å². The minimum atomic E-state index is -1.06. The number of H-pyrrole nitrogens is 1. The first-order valence-electron chi connectivity index (χ1n) is 11.6. The highest BCUT2D eigenvalue weighted by Crippen LogP contribution is 2.23. The number of carboxylic acid groups (broad SMARTS) is 1. The van der Waals surface area contributed by atoms with Crippen LogP contribution in [0.5, 0.6) is 0 Å². The Balaban J connectivity index is 1.90. The molecule has 0 radical (unpaired) electrons. The van der Waals surface area contributed by atoms with Crippen molar-refractivity contribution in [2.24, 2.45) is 11.7 Å². The molecule has 0 saturated carbocycles. The van der Waals surface area contributed by atoms with E-state index in [1.807, 2.05) is 38.1 Å². The summed E-state index contributed by atoms with van der Waals surface area (Å²) in [6.07, 6.45) is 3.54. The highest BCUT2D eigenvalue weighted by Gasteiger charge is 2.39. The van der Waals surface area contributed by atoms with Crippen molar-refractivity contribution in [2.45, 2.75) is 57.7 Å². The largest absolute Gasteiger partial charge is 0.480 e. The number of rotatable bonds is 10. The van der Waals surface area contributed by atoms with E-state index in [0.717, 1.165) is 16.5 Å². The van der Waals surface area contributed by atoms with E-state index in [1.165, 1.54) is 4.90 Å². The van der Waals surface area contributed by atoms with Gasteiger partial charge in [0.1, 0.15) is 18.1 Å². The van der Waals surface area contributed by atoms with Crippen molar-refractivity contribution in [3.05, 3.63) is 36.0 Å². The van der Waals surface area contributed by atoms with E-state index < -0.39 is 41.8 Å². The molecule has 0 spiro atoms. The predicted octanol–water partition coefficient (Wildman–Crippen LogP) is 0.760. The lowest BCUT2D eigenvalue weighted by molar-refractivity contribution is -0.149. The number of para-hydroxylation sites is 1. The second-order valence-corrected chi connectivity index (χ2v) is 8.79. The summed E-state index contributed by atoms with van der Waals surface area (Å²) < 4.78 is 0. The first kappa shape index (κ1) is 25.2. The molecule has 1 fully saturated rings. The second kappa shape index (κ2) is 11.1. The van der Waals surface area contributed by atoms with Crippen LogP contribution in [-0.4, -0.2) is 69.9 Å². The van der Waals surface area contributed by atoms with Gasteiger partial charge >= 0.3 is 5.97 Å². The van der Waals surface area contributed by atoms with Crippen LogP contribution < -0.4 is 16.4 Å². The van der Waals surface area contributed by atoms with Gasteiger partial charge in [0.2, 0.25) is 17.7 Å². The minimum Gasteiger partial charge on any atom is -0.480 e. The normalized spacial score (nSPS) is 18.3. The quantitative estimate of drug-likeness (QED) is 0.344. The predicted molar refractivity (Wildman–Crippen MR) is 127 cm³/mol. The summed E-state index contributed by atoms with van der Waals surface area (Å²) in [7, 11) is 0. The summed E-state index contributed by atoms with van der Waals surface area (Å²) in [6.45, 7) is 3.79.